The van der Waals surface area contributed by atoms with Gasteiger partial charge in [0, 0.05) is 5.75 Å². The van der Waals surface area contributed by atoms with E-state index in [1.165, 1.54) is 0 Å². The van der Waals surface area contributed by atoms with Crippen LogP contribution in [0.4, 0.5) is 0 Å². The fourth-order valence-corrected chi connectivity index (χ4v) is 0.825. The lowest BCUT2D eigenvalue weighted by molar-refractivity contribution is 0.188. The van der Waals surface area contributed by atoms with Crippen LogP contribution in [0, 0.1) is 0 Å². The van der Waals surface area contributed by atoms with Gasteiger partial charge in [-0.25, -0.2) is 13.5 Å². The molecule has 0 fully saturated rings. The molecule has 0 amide bonds. The molecule has 0 heterocycles. The van der Waals surface area contributed by atoms with Crippen molar-refractivity contribution < 1.29 is 13.5 Å². The van der Waals surface area contributed by atoms with Crippen molar-refractivity contribution in [3.63, 3.8) is 0 Å². The highest BCUT2D eigenvalue weighted by atomic mass is 32.2. The number of unbranched alkanes of at least 4 members (excludes halogenated alkanes) is 1. The fourth-order valence-electron chi connectivity index (χ4n) is 0.343. The van der Waals surface area contributed by atoms with Crippen molar-refractivity contribution in [3.8, 4) is 0 Å². The summed E-state index contributed by atoms with van der Waals surface area (Å²) in [6, 6.07) is 0. The Bertz CT molecular complexity index is 99.9. The van der Waals surface area contributed by atoms with Gasteiger partial charge in [-0.1, -0.05) is 0 Å². The molecule has 0 saturated carbocycles. The summed E-state index contributed by atoms with van der Waals surface area (Å²) in [6.45, 7) is -0.164. The Kier molecular flexibility index (Phi) is 5.00. The molecule has 3 nitrogen and oxygen atoms in total. The molecule has 0 aromatic carbocycles. The highest BCUT2D eigenvalue weighted by Crippen LogP contribution is 1.85. The predicted molar refractivity (Wildman–Crippen MR) is 30.0 cm³/mol. The van der Waals surface area contributed by atoms with Crippen LogP contribution < -0.4 is 0 Å². The molecule has 49 valence electrons. The van der Waals surface area contributed by atoms with Crippen LogP contribution >= 0.6 is 0 Å². The lowest BCUT2D eigenvalue weighted by Gasteiger charge is -1.84. The Hall–Kier alpha value is -0.0900. The van der Waals surface area contributed by atoms with Gasteiger partial charge >= 0.3 is 0 Å². The first-order valence-corrected chi connectivity index (χ1v) is 3.83. The van der Waals surface area contributed by atoms with Crippen LogP contribution in [0.2, 0.25) is 0 Å². The van der Waals surface area contributed by atoms with Crippen LogP contribution in [0.3, 0.4) is 0 Å². The molecule has 0 atom stereocenters. The highest BCUT2D eigenvalue weighted by molar-refractivity contribution is 7.72. The second-order valence-electron chi connectivity index (χ2n) is 1.47. The van der Waals surface area contributed by atoms with E-state index < -0.39 is 10.7 Å². The molecule has 0 spiro atoms. The molecule has 0 bridgehead atoms. The van der Waals surface area contributed by atoms with Crippen molar-refractivity contribution in [2.75, 3.05) is 12.4 Å². The minimum atomic E-state index is -2.25. The van der Waals surface area contributed by atoms with E-state index in [2.05, 4.69) is 0 Å². The van der Waals surface area contributed by atoms with Crippen molar-refractivity contribution in [2.24, 2.45) is 0 Å². The second-order valence-corrected chi connectivity index (χ2v) is 2.58. The Labute approximate surface area is 50.3 Å². The Morgan fingerprint density at radius 1 is 1.12 bits per heavy atom. The van der Waals surface area contributed by atoms with E-state index in [0.29, 0.717) is 12.8 Å². The average molecular weight is 137 g/mol. The van der Waals surface area contributed by atoms with Gasteiger partial charge in [0.15, 0.2) is 0 Å². The van der Waals surface area contributed by atoms with Crippen molar-refractivity contribution in [2.45, 2.75) is 12.8 Å². The average Bonchev–Trinajstić information content (AvgIpc) is 1.66. The molecule has 0 aromatic heterocycles. The van der Waals surface area contributed by atoms with Crippen molar-refractivity contribution in [1.29, 1.82) is 0 Å². The molecule has 0 aliphatic rings. The van der Waals surface area contributed by atoms with Crippen molar-refractivity contribution >= 4 is 10.7 Å². The van der Waals surface area contributed by atoms with Gasteiger partial charge in [0.1, 0.15) is 10.7 Å². The maximum atomic E-state index is 9.81. The lowest BCUT2D eigenvalue weighted by Crippen LogP contribution is -1.88. The zero-order chi connectivity index (χ0) is 6.41. The monoisotopic (exact) mass is 137 g/mol. The van der Waals surface area contributed by atoms with E-state index in [1.54, 1.807) is 0 Å². The van der Waals surface area contributed by atoms with Gasteiger partial charge in [-0.2, -0.15) is 0 Å². The molecular formula is C4H9O3S. The molecule has 8 heavy (non-hydrogen) atoms. The Morgan fingerprint density at radius 3 is 2.12 bits per heavy atom. The second kappa shape index (κ2) is 5.05. The standard InChI is InChI=1S/C4H9O3S/c5-3-1-2-4-8(6)7/h8H,1-4H2. The van der Waals surface area contributed by atoms with Crippen molar-refractivity contribution in [1.82, 2.24) is 0 Å². The summed E-state index contributed by atoms with van der Waals surface area (Å²) in [5.74, 6) is 0.164. The van der Waals surface area contributed by atoms with Crippen LogP contribution in [0.25, 0.3) is 0 Å². The molecular weight excluding hydrogens is 128 g/mol. The number of thiol groups is 1. The summed E-state index contributed by atoms with van der Waals surface area (Å²) in [4.78, 5) is 0. The number of hydrogen-bond donors (Lipinski definition) is 1. The molecule has 0 rings (SSSR count). The van der Waals surface area contributed by atoms with Crippen LogP contribution in [0.1, 0.15) is 12.8 Å². The van der Waals surface area contributed by atoms with E-state index in [1.807, 2.05) is 0 Å². The zero-order valence-corrected chi connectivity index (χ0v) is 5.39. The summed E-state index contributed by atoms with van der Waals surface area (Å²) in [5.41, 5.74) is 0. The minimum Gasteiger partial charge on any atom is -0.237 e. The minimum absolute atomic E-state index is 0.164. The van der Waals surface area contributed by atoms with Gasteiger partial charge in [0.05, 0.1) is 6.61 Å². The third-order valence-electron chi connectivity index (χ3n) is 0.735. The maximum absolute atomic E-state index is 9.81. The summed E-state index contributed by atoms with van der Waals surface area (Å²) < 4.78 is 19.6. The molecule has 0 unspecified atom stereocenters. The fraction of sp³-hybridized carbons (Fsp3) is 1.00. The molecule has 0 N–H and O–H groups in total. The summed E-state index contributed by atoms with van der Waals surface area (Å²) in [7, 11) is -2.25. The van der Waals surface area contributed by atoms with Crippen LogP contribution in [-0.2, 0) is 15.8 Å². The van der Waals surface area contributed by atoms with Crippen LogP contribution in [-0.4, -0.2) is 20.8 Å². The van der Waals surface area contributed by atoms with Crippen LogP contribution in [0.5, 0.6) is 0 Å². The molecule has 0 aliphatic heterocycles. The normalized spacial score (nSPS) is 10.2. The van der Waals surface area contributed by atoms with E-state index in [-0.39, 0.29) is 12.4 Å². The van der Waals surface area contributed by atoms with Gasteiger partial charge in [0.2, 0.25) is 0 Å². The zero-order valence-electron chi connectivity index (χ0n) is 4.50. The van der Waals surface area contributed by atoms with E-state index in [0.717, 1.165) is 0 Å². The first kappa shape index (κ1) is 7.91. The first-order valence-electron chi connectivity index (χ1n) is 2.47. The predicted octanol–water partition coefficient (Wildman–Crippen LogP) is -0.191. The summed E-state index contributed by atoms with van der Waals surface area (Å²) >= 11 is 0. The number of rotatable bonds is 4. The smallest absolute Gasteiger partial charge is 0.140 e. The highest BCUT2D eigenvalue weighted by Gasteiger charge is 1.86. The maximum Gasteiger partial charge on any atom is 0.140 e. The van der Waals surface area contributed by atoms with Crippen molar-refractivity contribution in [3.05, 3.63) is 0 Å². The topological polar surface area (TPSA) is 54.0 Å². The van der Waals surface area contributed by atoms with Gasteiger partial charge in [0.25, 0.3) is 0 Å². The van der Waals surface area contributed by atoms with E-state index >= 15 is 0 Å². The quantitative estimate of drug-likeness (QED) is 0.431. The molecule has 4 heteroatoms. The Balaban J connectivity index is 2.94. The third-order valence-corrected chi connectivity index (χ3v) is 1.42. The van der Waals surface area contributed by atoms with E-state index in [4.69, 9.17) is 0 Å². The van der Waals surface area contributed by atoms with Gasteiger partial charge in [-0.15, -0.1) is 0 Å². The molecule has 0 aliphatic carbocycles. The Morgan fingerprint density at radius 2 is 1.75 bits per heavy atom. The molecule has 0 saturated heterocycles. The van der Waals surface area contributed by atoms with Gasteiger partial charge in [-0.3, -0.25) is 0 Å². The largest absolute Gasteiger partial charge is 0.237 e. The molecule has 0 aromatic rings. The van der Waals surface area contributed by atoms with Crippen LogP contribution in [0.15, 0.2) is 0 Å². The van der Waals surface area contributed by atoms with Gasteiger partial charge < -0.3 is 0 Å². The summed E-state index contributed by atoms with van der Waals surface area (Å²) in [5, 5.41) is 9.71. The summed E-state index contributed by atoms with van der Waals surface area (Å²) in [6.07, 6.45) is 0.992. The first-order chi connectivity index (χ1) is 3.77. The SMILES string of the molecule is [O]CCCC[SH](=O)=O. The number of hydrogen-bond acceptors (Lipinski definition) is 2. The van der Waals surface area contributed by atoms with Gasteiger partial charge in [-0.05, 0) is 12.8 Å². The lowest BCUT2D eigenvalue weighted by atomic mass is 10.4. The molecule has 1 radical (unpaired) electrons. The van der Waals surface area contributed by atoms with E-state index in [9.17, 15) is 13.5 Å². The third kappa shape index (κ3) is 5.91.